The van der Waals surface area contributed by atoms with Gasteiger partial charge in [0.05, 0.1) is 13.2 Å². The Hall–Kier alpha value is -1.00. The molecule has 4 heteroatoms. The van der Waals surface area contributed by atoms with Crippen LogP contribution in [0.25, 0.3) is 0 Å². The molecule has 0 saturated heterocycles. The van der Waals surface area contributed by atoms with Crippen molar-refractivity contribution in [2.24, 2.45) is 0 Å². The van der Waals surface area contributed by atoms with E-state index in [1.807, 2.05) is 12.2 Å². The molecule has 0 aromatic rings. The summed E-state index contributed by atoms with van der Waals surface area (Å²) in [4.78, 5) is 10.0. The molecule has 0 unspecified atom stereocenters. The van der Waals surface area contributed by atoms with Crippen LogP contribution in [0.15, 0.2) is 24.6 Å². The molecule has 0 aromatic carbocycles. The van der Waals surface area contributed by atoms with E-state index in [2.05, 4.69) is 24.8 Å². The molecular formula is C10H20N2O2. The summed E-state index contributed by atoms with van der Waals surface area (Å²) in [6.07, 6.45) is 9.07. The van der Waals surface area contributed by atoms with E-state index in [9.17, 15) is 0 Å². The van der Waals surface area contributed by atoms with Crippen LogP contribution in [0.4, 0.5) is 0 Å². The molecule has 4 nitrogen and oxygen atoms in total. The van der Waals surface area contributed by atoms with Crippen LogP contribution in [0, 0.1) is 0 Å². The van der Waals surface area contributed by atoms with Gasteiger partial charge in [0.15, 0.2) is 0 Å². The molecule has 0 aliphatic heterocycles. The largest absolute Gasteiger partial charge is 0.277 e. The number of hydroxylamine groups is 2. The van der Waals surface area contributed by atoms with Crippen molar-refractivity contribution in [2.45, 2.75) is 26.7 Å². The summed E-state index contributed by atoms with van der Waals surface area (Å²) in [6.45, 7) is 5.54. The van der Waals surface area contributed by atoms with Crippen molar-refractivity contribution in [1.29, 1.82) is 0 Å². The Morgan fingerprint density at radius 3 is 1.64 bits per heavy atom. The van der Waals surface area contributed by atoms with Crippen LogP contribution in [0.1, 0.15) is 26.7 Å². The zero-order valence-electron chi connectivity index (χ0n) is 8.95. The molecule has 0 spiro atoms. The number of hydrogen-bond acceptors (Lipinski definition) is 4. The van der Waals surface area contributed by atoms with Crippen molar-refractivity contribution >= 4 is 0 Å². The molecule has 14 heavy (non-hydrogen) atoms. The van der Waals surface area contributed by atoms with E-state index in [1.54, 1.807) is 12.4 Å². The number of nitrogens with one attached hydrogen (secondary N) is 2. The molecule has 0 rings (SSSR count). The summed E-state index contributed by atoms with van der Waals surface area (Å²) in [6, 6.07) is 0. The molecule has 0 atom stereocenters. The van der Waals surface area contributed by atoms with E-state index in [4.69, 9.17) is 9.68 Å². The van der Waals surface area contributed by atoms with E-state index in [0.717, 1.165) is 12.8 Å². The SMILES string of the molecule is CCCONC=CC=CNOCCC. The molecule has 0 radical (unpaired) electrons. The molecule has 0 aliphatic carbocycles. The lowest BCUT2D eigenvalue weighted by Crippen LogP contribution is -2.07. The molecule has 2 N–H and O–H groups in total. The van der Waals surface area contributed by atoms with Crippen LogP contribution in [-0.2, 0) is 9.68 Å². The average Bonchev–Trinajstić information content (AvgIpc) is 2.21. The van der Waals surface area contributed by atoms with Gasteiger partial charge in [0, 0.05) is 12.4 Å². The maximum atomic E-state index is 5.01. The van der Waals surface area contributed by atoms with E-state index in [-0.39, 0.29) is 0 Å². The first-order valence-corrected chi connectivity index (χ1v) is 4.98. The molecular weight excluding hydrogens is 180 g/mol. The lowest BCUT2D eigenvalue weighted by atomic mass is 10.5. The van der Waals surface area contributed by atoms with Gasteiger partial charge >= 0.3 is 0 Å². The molecule has 0 saturated carbocycles. The van der Waals surface area contributed by atoms with Crippen molar-refractivity contribution in [3.63, 3.8) is 0 Å². The van der Waals surface area contributed by atoms with E-state index in [1.165, 1.54) is 0 Å². The first-order chi connectivity index (χ1) is 6.91. The minimum Gasteiger partial charge on any atom is -0.277 e. The van der Waals surface area contributed by atoms with Gasteiger partial charge in [0.1, 0.15) is 0 Å². The number of allylic oxidation sites excluding steroid dienone is 2. The maximum absolute atomic E-state index is 5.01. The van der Waals surface area contributed by atoms with Gasteiger partial charge in [-0.1, -0.05) is 13.8 Å². The Morgan fingerprint density at radius 1 is 0.857 bits per heavy atom. The normalized spacial score (nSPS) is 11.3. The van der Waals surface area contributed by atoms with Gasteiger partial charge in [0.2, 0.25) is 0 Å². The van der Waals surface area contributed by atoms with E-state index < -0.39 is 0 Å². The highest BCUT2D eigenvalue weighted by molar-refractivity contribution is 4.98. The van der Waals surface area contributed by atoms with Gasteiger partial charge in [-0.2, -0.15) is 0 Å². The van der Waals surface area contributed by atoms with Crippen molar-refractivity contribution in [1.82, 2.24) is 11.0 Å². The first kappa shape index (κ1) is 13.0. The van der Waals surface area contributed by atoms with Gasteiger partial charge in [0.25, 0.3) is 0 Å². The van der Waals surface area contributed by atoms with Crippen LogP contribution < -0.4 is 11.0 Å². The lowest BCUT2D eigenvalue weighted by Gasteiger charge is -1.98. The van der Waals surface area contributed by atoms with E-state index in [0.29, 0.717) is 13.2 Å². The fraction of sp³-hybridized carbons (Fsp3) is 0.600. The van der Waals surface area contributed by atoms with Gasteiger partial charge in [-0.05, 0) is 25.0 Å². The smallest absolute Gasteiger partial charge is 0.0743 e. The molecule has 0 aromatic heterocycles. The highest BCUT2D eigenvalue weighted by Crippen LogP contribution is 1.78. The lowest BCUT2D eigenvalue weighted by molar-refractivity contribution is 0.0710. The second-order valence-electron chi connectivity index (χ2n) is 2.65. The van der Waals surface area contributed by atoms with Crippen LogP contribution in [0.5, 0.6) is 0 Å². The van der Waals surface area contributed by atoms with Gasteiger partial charge in [-0.25, -0.2) is 0 Å². The Kier molecular flexibility index (Phi) is 11.1. The number of rotatable bonds is 9. The fourth-order valence-corrected chi connectivity index (χ4v) is 0.608. The molecule has 0 bridgehead atoms. The summed E-state index contributed by atoms with van der Waals surface area (Å²) in [7, 11) is 0. The molecule has 0 fully saturated rings. The first-order valence-electron chi connectivity index (χ1n) is 4.98. The van der Waals surface area contributed by atoms with Gasteiger partial charge in [-0.3, -0.25) is 20.6 Å². The Morgan fingerprint density at radius 2 is 1.29 bits per heavy atom. The predicted molar refractivity (Wildman–Crippen MR) is 57.0 cm³/mol. The number of hydrogen-bond donors (Lipinski definition) is 2. The van der Waals surface area contributed by atoms with Gasteiger partial charge < -0.3 is 0 Å². The third-order valence-electron chi connectivity index (χ3n) is 1.22. The molecule has 0 amide bonds. The summed E-state index contributed by atoms with van der Waals surface area (Å²) in [5.41, 5.74) is 5.38. The van der Waals surface area contributed by atoms with Crippen molar-refractivity contribution in [3.8, 4) is 0 Å². The third-order valence-corrected chi connectivity index (χ3v) is 1.22. The zero-order chi connectivity index (χ0) is 10.5. The summed E-state index contributed by atoms with van der Waals surface area (Å²) in [5.74, 6) is 0. The minimum atomic E-state index is 0.714. The monoisotopic (exact) mass is 200 g/mol. The summed E-state index contributed by atoms with van der Waals surface area (Å²) in [5, 5.41) is 0. The summed E-state index contributed by atoms with van der Waals surface area (Å²) < 4.78 is 0. The van der Waals surface area contributed by atoms with Gasteiger partial charge in [-0.15, -0.1) is 0 Å². The average molecular weight is 200 g/mol. The topological polar surface area (TPSA) is 42.5 Å². The van der Waals surface area contributed by atoms with Crippen LogP contribution in [0.3, 0.4) is 0 Å². The Bertz CT molecular complexity index is 140. The Labute approximate surface area is 85.9 Å². The quantitative estimate of drug-likeness (QED) is 0.339. The fourth-order valence-electron chi connectivity index (χ4n) is 0.608. The predicted octanol–water partition coefficient (Wildman–Crippen LogP) is 1.88. The second-order valence-corrected chi connectivity index (χ2v) is 2.65. The highest BCUT2D eigenvalue weighted by atomic mass is 16.6. The van der Waals surface area contributed by atoms with Crippen molar-refractivity contribution in [3.05, 3.63) is 24.6 Å². The van der Waals surface area contributed by atoms with Crippen molar-refractivity contribution < 1.29 is 9.68 Å². The Balaban J connectivity index is 3.15. The van der Waals surface area contributed by atoms with Crippen LogP contribution >= 0.6 is 0 Å². The third kappa shape index (κ3) is 11.0. The standard InChI is InChI=1S/C10H20N2O2/c1-3-9-13-11-7-5-6-8-12-14-10-4-2/h5-8,11-12H,3-4,9-10H2,1-2H3. The van der Waals surface area contributed by atoms with Crippen LogP contribution in [-0.4, -0.2) is 13.2 Å². The molecule has 0 aliphatic rings. The van der Waals surface area contributed by atoms with Crippen LogP contribution in [0.2, 0.25) is 0 Å². The highest BCUT2D eigenvalue weighted by Gasteiger charge is 1.77. The zero-order valence-corrected chi connectivity index (χ0v) is 8.95. The minimum absolute atomic E-state index is 0.714. The molecule has 0 heterocycles. The van der Waals surface area contributed by atoms with Crippen molar-refractivity contribution in [2.75, 3.05) is 13.2 Å². The second kappa shape index (κ2) is 12.0. The maximum Gasteiger partial charge on any atom is 0.0743 e. The summed E-state index contributed by atoms with van der Waals surface area (Å²) >= 11 is 0. The van der Waals surface area contributed by atoms with E-state index >= 15 is 0 Å². The molecule has 82 valence electrons.